The zero-order chi connectivity index (χ0) is 22.9. The van der Waals surface area contributed by atoms with Crippen LogP contribution in [0.1, 0.15) is 37.5 Å². The molecule has 3 heterocycles. The van der Waals surface area contributed by atoms with E-state index in [0.29, 0.717) is 47.1 Å². The molecule has 9 heteroatoms. The minimum Gasteiger partial charge on any atom is -0.490 e. The van der Waals surface area contributed by atoms with Gasteiger partial charge in [-0.25, -0.2) is 4.79 Å². The van der Waals surface area contributed by atoms with Crippen LogP contribution in [0.25, 0.3) is 11.3 Å². The van der Waals surface area contributed by atoms with Gasteiger partial charge in [-0.3, -0.25) is 19.2 Å². The normalized spacial score (nSPS) is 14.8. The minimum absolute atomic E-state index is 0.0301. The lowest BCUT2D eigenvalue weighted by Crippen LogP contribution is -2.33. The Kier molecular flexibility index (Phi) is 5.29. The van der Waals surface area contributed by atoms with Gasteiger partial charge in [-0.05, 0) is 30.3 Å². The molecular formula is C24H21N3O6. The maximum atomic E-state index is 12.8. The molecule has 0 bridgehead atoms. The molecule has 0 aliphatic carbocycles. The molecule has 0 unspecified atom stereocenters. The summed E-state index contributed by atoms with van der Waals surface area (Å²) < 4.78 is 18.3. The Labute approximate surface area is 189 Å². The number of amides is 2. The molecule has 0 N–H and O–H groups in total. The van der Waals surface area contributed by atoms with Crippen molar-refractivity contribution in [2.75, 3.05) is 26.4 Å². The fourth-order valence-corrected chi connectivity index (χ4v) is 3.91. The van der Waals surface area contributed by atoms with Crippen molar-refractivity contribution < 1.29 is 28.6 Å². The fraction of sp³-hybridized carbons (Fsp3) is 0.250. The van der Waals surface area contributed by atoms with Crippen molar-refractivity contribution in [3.05, 3.63) is 65.4 Å². The van der Waals surface area contributed by atoms with E-state index in [9.17, 15) is 14.4 Å². The number of benzene rings is 2. The molecular weight excluding hydrogens is 426 g/mol. The molecule has 0 spiro atoms. The lowest BCUT2D eigenvalue weighted by Gasteiger charge is -2.14. The number of carbonyl (C=O) groups is 3. The maximum absolute atomic E-state index is 12.8. The standard InChI is InChI=1S/C24H21N3O6/c1-26-14-18(21(25-26)15-7-8-19-20(13-15)32-11-4-10-31-19)24(30)33-12-9-27-22(28)16-5-2-3-6-17(16)23(27)29/h2-3,5-8,13-14H,4,9-12H2,1H3. The van der Waals surface area contributed by atoms with Crippen LogP contribution in [0.15, 0.2) is 48.7 Å². The number of imide groups is 1. The summed E-state index contributed by atoms with van der Waals surface area (Å²) in [5.74, 6) is -0.124. The van der Waals surface area contributed by atoms with E-state index in [-0.39, 0.29) is 30.5 Å². The van der Waals surface area contributed by atoms with Crippen molar-refractivity contribution in [3.8, 4) is 22.8 Å². The highest BCUT2D eigenvalue weighted by atomic mass is 16.5. The molecule has 2 aliphatic heterocycles. The van der Waals surface area contributed by atoms with E-state index in [1.165, 1.54) is 4.68 Å². The largest absolute Gasteiger partial charge is 0.490 e. The first-order valence-electron chi connectivity index (χ1n) is 10.6. The van der Waals surface area contributed by atoms with E-state index in [2.05, 4.69) is 5.10 Å². The number of hydrogen-bond donors (Lipinski definition) is 0. The third-order valence-electron chi connectivity index (χ3n) is 5.50. The number of fused-ring (bicyclic) bond motifs is 2. The van der Waals surface area contributed by atoms with Crippen LogP contribution in [0.2, 0.25) is 0 Å². The molecule has 1 aromatic heterocycles. The Morgan fingerprint density at radius 1 is 1.03 bits per heavy atom. The van der Waals surface area contributed by atoms with Crippen LogP contribution in [0.4, 0.5) is 0 Å². The summed E-state index contributed by atoms with van der Waals surface area (Å²) >= 11 is 0. The second kappa shape index (κ2) is 8.42. The van der Waals surface area contributed by atoms with Gasteiger partial charge in [0.1, 0.15) is 17.9 Å². The van der Waals surface area contributed by atoms with Gasteiger partial charge in [-0.15, -0.1) is 0 Å². The van der Waals surface area contributed by atoms with Gasteiger partial charge in [0.15, 0.2) is 11.5 Å². The lowest BCUT2D eigenvalue weighted by atomic mass is 10.1. The van der Waals surface area contributed by atoms with E-state index in [1.54, 1.807) is 49.6 Å². The highest BCUT2D eigenvalue weighted by Gasteiger charge is 2.35. The Balaban J connectivity index is 1.29. The van der Waals surface area contributed by atoms with Gasteiger partial charge < -0.3 is 14.2 Å². The zero-order valence-corrected chi connectivity index (χ0v) is 17.9. The highest BCUT2D eigenvalue weighted by molar-refractivity contribution is 6.21. The van der Waals surface area contributed by atoms with Gasteiger partial charge in [0.25, 0.3) is 11.8 Å². The molecule has 0 radical (unpaired) electrons. The summed E-state index contributed by atoms with van der Waals surface area (Å²) in [5, 5.41) is 4.41. The summed E-state index contributed by atoms with van der Waals surface area (Å²) in [6.45, 7) is 0.976. The Morgan fingerprint density at radius 2 is 1.73 bits per heavy atom. The second-order valence-electron chi connectivity index (χ2n) is 7.72. The third kappa shape index (κ3) is 3.82. The van der Waals surface area contributed by atoms with Crippen molar-refractivity contribution in [1.82, 2.24) is 14.7 Å². The SMILES string of the molecule is Cn1cc(C(=O)OCCN2C(=O)c3ccccc3C2=O)c(-c2ccc3c(c2)OCCCO3)n1. The Morgan fingerprint density at radius 3 is 2.45 bits per heavy atom. The molecule has 168 valence electrons. The van der Waals surface area contributed by atoms with Crippen LogP contribution in [-0.4, -0.2) is 58.8 Å². The van der Waals surface area contributed by atoms with E-state index in [4.69, 9.17) is 14.2 Å². The van der Waals surface area contributed by atoms with Crippen molar-refractivity contribution >= 4 is 17.8 Å². The van der Waals surface area contributed by atoms with Gasteiger partial charge >= 0.3 is 5.97 Å². The first-order valence-corrected chi connectivity index (χ1v) is 10.6. The van der Waals surface area contributed by atoms with Crippen LogP contribution < -0.4 is 9.47 Å². The van der Waals surface area contributed by atoms with Crippen molar-refractivity contribution in [3.63, 3.8) is 0 Å². The lowest BCUT2D eigenvalue weighted by molar-refractivity contribution is 0.0421. The predicted molar refractivity (Wildman–Crippen MR) is 116 cm³/mol. The van der Waals surface area contributed by atoms with E-state index < -0.39 is 5.97 Å². The monoisotopic (exact) mass is 447 g/mol. The summed E-state index contributed by atoms with van der Waals surface area (Å²) in [6, 6.07) is 12.0. The zero-order valence-electron chi connectivity index (χ0n) is 17.9. The molecule has 3 aromatic rings. The second-order valence-corrected chi connectivity index (χ2v) is 7.72. The molecule has 2 aliphatic rings. The number of hydrogen-bond acceptors (Lipinski definition) is 7. The Hall–Kier alpha value is -4.14. The molecule has 9 nitrogen and oxygen atoms in total. The Bertz CT molecular complexity index is 1230. The number of nitrogens with zero attached hydrogens (tertiary/aromatic N) is 3. The number of carbonyl (C=O) groups excluding carboxylic acids is 3. The van der Waals surface area contributed by atoms with Gasteiger partial charge in [0.05, 0.1) is 30.9 Å². The highest BCUT2D eigenvalue weighted by Crippen LogP contribution is 2.35. The number of aryl methyl sites for hydroxylation is 1. The van der Waals surface area contributed by atoms with Crippen LogP contribution in [-0.2, 0) is 11.8 Å². The first kappa shape index (κ1) is 20.7. The third-order valence-corrected chi connectivity index (χ3v) is 5.50. The molecule has 0 atom stereocenters. The average molecular weight is 447 g/mol. The van der Waals surface area contributed by atoms with Crippen LogP contribution >= 0.6 is 0 Å². The quantitative estimate of drug-likeness (QED) is 0.438. The van der Waals surface area contributed by atoms with Gasteiger partial charge in [-0.1, -0.05) is 12.1 Å². The molecule has 0 fully saturated rings. The fourth-order valence-electron chi connectivity index (χ4n) is 3.91. The smallest absolute Gasteiger partial charge is 0.342 e. The number of esters is 1. The van der Waals surface area contributed by atoms with Crippen LogP contribution in [0.5, 0.6) is 11.5 Å². The first-order chi connectivity index (χ1) is 16.0. The van der Waals surface area contributed by atoms with Crippen molar-refractivity contribution in [2.45, 2.75) is 6.42 Å². The summed E-state index contributed by atoms with van der Waals surface area (Å²) in [6.07, 6.45) is 2.36. The van der Waals surface area contributed by atoms with Gasteiger partial charge in [0.2, 0.25) is 0 Å². The van der Waals surface area contributed by atoms with Crippen molar-refractivity contribution in [2.24, 2.45) is 7.05 Å². The number of aromatic nitrogens is 2. The van der Waals surface area contributed by atoms with Gasteiger partial charge in [-0.2, -0.15) is 5.10 Å². The van der Waals surface area contributed by atoms with E-state index in [1.807, 2.05) is 6.07 Å². The topological polar surface area (TPSA) is 100.0 Å². The number of ether oxygens (including phenoxy) is 3. The average Bonchev–Trinajstić information content (AvgIpc) is 3.20. The molecule has 33 heavy (non-hydrogen) atoms. The van der Waals surface area contributed by atoms with E-state index in [0.717, 1.165) is 11.3 Å². The van der Waals surface area contributed by atoms with Gasteiger partial charge in [0, 0.05) is 25.2 Å². The molecule has 2 amide bonds. The van der Waals surface area contributed by atoms with Crippen LogP contribution in [0, 0.1) is 0 Å². The van der Waals surface area contributed by atoms with E-state index >= 15 is 0 Å². The van der Waals surface area contributed by atoms with Crippen molar-refractivity contribution in [1.29, 1.82) is 0 Å². The summed E-state index contributed by atoms with van der Waals surface area (Å²) in [7, 11) is 1.71. The minimum atomic E-state index is -0.596. The predicted octanol–water partition coefficient (Wildman–Crippen LogP) is 2.70. The summed E-state index contributed by atoms with van der Waals surface area (Å²) in [5.41, 5.74) is 2.12. The molecule has 0 saturated carbocycles. The molecule has 2 aromatic carbocycles. The van der Waals surface area contributed by atoms with Crippen LogP contribution in [0.3, 0.4) is 0 Å². The molecule has 0 saturated heterocycles. The number of rotatable bonds is 5. The maximum Gasteiger partial charge on any atom is 0.342 e. The molecule has 5 rings (SSSR count). The summed E-state index contributed by atoms with van der Waals surface area (Å²) in [4.78, 5) is 38.9.